The maximum absolute atomic E-state index is 12.4. The van der Waals surface area contributed by atoms with Crippen molar-refractivity contribution in [3.63, 3.8) is 0 Å². The molecular formula is C24H22N2O3. The Morgan fingerprint density at radius 3 is 2.69 bits per heavy atom. The summed E-state index contributed by atoms with van der Waals surface area (Å²) in [4.78, 5) is 17.0. The summed E-state index contributed by atoms with van der Waals surface area (Å²) in [6.07, 6.45) is 0. The second kappa shape index (κ2) is 7.80. The Bertz CT molecular complexity index is 1190. The highest BCUT2D eigenvalue weighted by atomic mass is 16.5. The second-order valence-electron chi connectivity index (χ2n) is 7.07. The molecule has 1 N–H and O–H groups in total. The molecule has 0 saturated heterocycles. The largest absolute Gasteiger partial charge is 0.483 e. The summed E-state index contributed by atoms with van der Waals surface area (Å²) in [7, 11) is 0. The van der Waals surface area contributed by atoms with E-state index in [1.54, 1.807) is 0 Å². The lowest BCUT2D eigenvalue weighted by Crippen LogP contribution is -2.21. The third kappa shape index (κ3) is 3.99. The van der Waals surface area contributed by atoms with Gasteiger partial charge in [0.05, 0.1) is 0 Å². The Morgan fingerprint density at radius 2 is 1.86 bits per heavy atom. The van der Waals surface area contributed by atoms with Gasteiger partial charge in [-0.25, -0.2) is 4.98 Å². The van der Waals surface area contributed by atoms with Gasteiger partial charge in [-0.15, -0.1) is 0 Å². The van der Waals surface area contributed by atoms with Gasteiger partial charge in [0.1, 0.15) is 11.3 Å². The van der Waals surface area contributed by atoms with Gasteiger partial charge in [-0.1, -0.05) is 30.3 Å². The smallest absolute Gasteiger partial charge is 0.262 e. The molecule has 1 amide bonds. The number of nitrogens with zero attached hydrogens (tertiary/aromatic N) is 1. The van der Waals surface area contributed by atoms with Crippen molar-refractivity contribution in [2.24, 2.45) is 0 Å². The van der Waals surface area contributed by atoms with Gasteiger partial charge in [-0.05, 0) is 67.8 Å². The van der Waals surface area contributed by atoms with Crippen LogP contribution in [0, 0.1) is 20.8 Å². The van der Waals surface area contributed by atoms with Crippen LogP contribution in [-0.4, -0.2) is 17.5 Å². The van der Waals surface area contributed by atoms with Crippen molar-refractivity contribution < 1.29 is 13.9 Å². The molecule has 3 aromatic carbocycles. The van der Waals surface area contributed by atoms with E-state index in [2.05, 4.69) is 10.3 Å². The Hall–Kier alpha value is -3.60. The molecule has 0 fully saturated rings. The van der Waals surface area contributed by atoms with Crippen LogP contribution in [0.3, 0.4) is 0 Å². The molecule has 4 rings (SSSR count). The summed E-state index contributed by atoms with van der Waals surface area (Å²) < 4.78 is 11.6. The highest BCUT2D eigenvalue weighted by molar-refractivity contribution is 5.93. The molecule has 0 aliphatic rings. The van der Waals surface area contributed by atoms with E-state index in [0.29, 0.717) is 17.3 Å². The molecule has 0 aliphatic heterocycles. The maximum atomic E-state index is 12.4. The number of hydrogen-bond acceptors (Lipinski definition) is 4. The zero-order valence-corrected chi connectivity index (χ0v) is 16.7. The molecule has 0 spiro atoms. The Kier molecular flexibility index (Phi) is 5.04. The van der Waals surface area contributed by atoms with Crippen molar-refractivity contribution in [3.05, 3.63) is 77.4 Å². The first kappa shape index (κ1) is 18.7. The van der Waals surface area contributed by atoms with Crippen molar-refractivity contribution in [1.29, 1.82) is 0 Å². The number of nitrogens with one attached hydrogen (secondary N) is 1. The average Bonchev–Trinajstić information content (AvgIpc) is 3.12. The van der Waals surface area contributed by atoms with Gasteiger partial charge < -0.3 is 14.5 Å². The molecule has 5 heteroatoms. The molecule has 29 heavy (non-hydrogen) atoms. The SMILES string of the molecule is Cc1ccc2oc(-c3cccc(NC(=O)COc4ccccc4C)c3C)nc2c1. The molecule has 0 saturated carbocycles. The zero-order chi connectivity index (χ0) is 20.4. The molecule has 0 bridgehead atoms. The molecular weight excluding hydrogens is 364 g/mol. The number of carbonyl (C=O) groups excluding carboxylic acids is 1. The molecule has 0 atom stereocenters. The van der Waals surface area contributed by atoms with Crippen LogP contribution in [0.25, 0.3) is 22.6 Å². The van der Waals surface area contributed by atoms with E-state index in [-0.39, 0.29) is 12.5 Å². The van der Waals surface area contributed by atoms with Crippen LogP contribution in [0.4, 0.5) is 5.69 Å². The minimum absolute atomic E-state index is 0.0588. The third-order valence-electron chi connectivity index (χ3n) is 4.83. The van der Waals surface area contributed by atoms with Gasteiger partial charge in [0.25, 0.3) is 5.91 Å². The van der Waals surface area contributed by atoms with Gasteiger partial charge in [0.15, 0.2) is 12.2 Å². The van der Waals surface area contributed by atoms with E-state index in [0.717, 1.165) is 33.4 Å². The quantitative estimate of drug-likeness (QED) is 0.496. The maximum Gasteiger partial charge on any atom is 0.262 e. The van der Waals surface area contributed by atoms with Gasteiger partial charge in [0, 0.05) is 11.3 Å². The summed E-state index contributed by atoms with van der Waals surface area (Å²) >= 11 is 0. The monoisotopic (exact) mass is 386 g/mol. The van der Waals surface area contributed by atoms with Crippen LogP contribution in [-0.2, 0) is 4.79 Å². The van der Waals surface area contributed by atoms with Gasteiger partial charge in [-0.3, -0.25) is 4.79 Å². The minimum atomic E-state index is -0.221. The number of aromatic nitrogens is 1. The number of fused-ring (bicyclic) bond motifs is 1. The number of aryl methyl sites for hydroxylation is 2. The Morgan fingerprint density at radius 1 is 1.03 bits per heavy atom. The predicted molar refractivity (Wildman–Crippen MR) is 114 cm³/mol. The second-order valence-corrected chi connectivity index (χ2v) is 7.07. The number of oxazole rings is 1. The molecule has 0 aliphatic carbocycles. The molecule has 4 aromatic rings. The number of para-hydroxylation sites is 1. The fourth-order valence-corrected chi connectivity index (χ4v) is 3.20. The highest BCUT2D eigenvalue weighted by Gasteiger charge is 2.14. The first-order valence-corrected chi connectivity index (χ1v) is 9.47. The lowest BCUT2D eigenvalue weighted by atomic mass is 10.1. The molecule has 1 heterocycles. The van der Waals surface area contributed by atoms with Crippen LogP contribution in [0.2, 0.25) is 0 Å². The Balaban J connectivity index is 1.53. The van der Waals surface area contributed by atoms with Crippen molar-refractivity contribution in [3.8, 4) is 17.2 Å². The molecule has 146 valence electrons. The van der Waals surface area contributed by atoms with E-state index in [1.165, 1.54) is 0 Å². The fourth-order valence-electron chi connectivity index (χ4n) is 3.20. The van der Waals surface area contributed by atoms with Crippen molar-refractivity contribution in [2.75, 3.05) is 11.9 Å². The predicted octanol–water partition coefficient (Wildman–Crippen LogP) is 5.44. The van der Waals surface area contributed by atoms with Gasteiger partial charge in [0.2, 0.25) is 5.89 Å². The highest BCUT2D eigenvalue weighted by Crippen LogP contribution is 2.30. The van der Waals surface area contributed by atoms with E-state index in [9.17, 15) is 4.79 Å². The van der Waals surface area contributed by atoms with Crippen molar-refractivity contribution >= 4 is 22.7 Å². The number of carbonyl (C=O) groups is 1. The lowest BCUT2D eigenvalue weighted by molar-refractivity contribution is -0.118. The zero-order valence-electron chi connectivity index (χ0n) is 16.7. The van der Waals surface area contributed by atoms with Crippen LogP contribution in [0.5, 0.6) is 5.75 Å². The summed E-state index contributed by atoms with van der Waals surface area (Å²) in [6, 6.07) is 19.2. The number of rotatable bonds is 5. The number of benzene rings is 3. The number of hydrogen-bond donors (Lipinski definition) is 1. The first-order valence-electron chi connectivity index (χ1n) is 9.47. The van der Waals surface area contributed by atoms with E-state index < -0.39 is 0 Å². The third-order valence-corrected chi connectivity index (χ3v) is 4.83. The topological polar surface area (TPSA) is 64.4 Å². The Labute approximate surface area is 169 Å². The van der Waals surface area contributed by atoms with Crippen LogP contribution < -0.4 is 10.1 Å². The van der Waals surface area contributed by atoms with E-state index in [4.69, 9.17) is 9.15 Å². The van der Waals surface area contributed by atoms with Crippen LogP contribution >= 0.6 is 0 Å². The standard InChI is InChI=1S/C24H22N2O3/c1-15-11-12-22-20(13-15)26-24(29-22)18-8-6-9-19(17(18)3)25-23(27)14-28-21-10-5-4-7-16(21)2/h4-13H,14H2,1-3H3,(H,25,27). The summed E-state index contributed by atoms with van der Waals surface area (Å²) in [5.74, 6) is 1.02. The number of ether oxygens (including phenoxy) is 1. The van der Waals surface area contributed by atoms with E-state index >= 15 is 0 Å². The number of amides is 1. The average molecular weight is 386 g/mol. The molecule has 1 aromatic heterocycles. The molecule has 0 unspecified atom stereocenters. The molecule has 0 radical (unpaired) electrons. The fraction of sp³-hybridized carbons (Fsp3) is 0.167. The van der Waals surface area contributed by atoms with Crippen molar-refractivity contribution in [1.82, 2.24) is 4.98 Å². The van der Waals surface area contributed by atoms with E-state index in [1.807, 2.05) is 81.4 Å². The van der Waals surface area contributed by atoms with Gasteiger partial charge >= 0.3 is 0 Å². The summed E-state index contributed by atoms with van der Waals surface area (Å²) in [6.45, 7) is 5.85. The lowest BCUT2D eigenvalue weighted by Gasteiger charge is -2.12. The molecule has 5 nitrogen and oxygen atoms in total. The van der Waals surface area contributed by atoms with Crippen LogP contribution in [0.1, 0.15) is 16.7 Å². The minimum Gasteiger partial charge on any atom is -0.483 e. The first-order chi connectivity index (χ1) is 14.0. The summed E-state index contributed by atoms with van der Waals surface area (Å²) in [5, 5.41) is 2.92. The summed E-state index contributed by atoms with van der Waals surface area (Å²) in [5.41, 5.74) is 6.12. The van der Waals surface area contributed by atoms with Crippen LogP contribution in [0.15, 0.2) is 65.1 Å². The normalized spacial score (nSPS) is 10.9. The van der Waals surface area contributed by atoms with Crippen molar-refractivity contribution in [2.45, 2.75) is 20.8 Å². The van der Waals surface area contributed by atoms with Gasteiger partial charge in [-0.2, -0.15) is 0 Å². The number of anilines is 1.